The highest BCUT2D eigenvalue weighted by atomic mass is 35.5. The van der Waals surface area contributed by atoms with E-state index in [9.17, 15) is 9.18 Å². The van der Waals surface area contributed by atoms with Gasteiger partial charge in [-0.3, -0.25) is 4.79 Å². The van der Waals surface area contributed by atoms with Crippen molar-refractivity contribution in [2.24, 2.45) is 5.73 Å². The molecule has 5 nitrogen and oxygen atoms in total. The first-order valence-corrected chi connectivity index (χ1v) is 6.54. The molecule has 1 heterocycles. The van der Waals surface area contributed by atoms with E-state index in [0.29, 0.717) is 23.2 Å². The number of aromatic nitrogens is 2. The molecule has 1 aromatic carbocycles. The fourth-order valence-electron chi connectivity index (χ4n) is 2.01. The minimum absolute atomic E-state index is 0.0119. The molecule has 7 heteroatoms. The molecular weight excluding hydrogens is 297 g/mol. The molecule has 1 atom stereocenters. The minimum atomic E-state index is -0.453. The summed E-state index contributed by atoms with van der Waals surface area (Å²) in [6, 6.07) is 4.66. The van der Waals surface area contributed by atoms with Gasteiger partial charge in [-0.2, -0.15) is 0 Å². The van der Waals surface area contributed by atoms with Crippen molar-refractivity contribution in [3.63, 3.8) is 0 Å². The third kappa shape index (κ3) is 3.53. The fraction of sp³-hybridized carbons (Fsp3) is 0.214. The Kier molecular flexibility index (Phi) is 5.19. The van der Waals surface area contributed by atoms with Crippen LogP contribution in [0.3, 0.4) is 0 Å². The first kappa shape index (κ1) is 15.3. The van der Waals surface area contributed by atoms with Gasteiger partial charge in [0.05, 0.1) is 0 Å². The van der Waals surface area contributed by atoms with E-state index in [4.69, 9.17) is 22.1 Å². The van der Waals surface area contributed by atoms with Gasteiger partial charge in [-0.25, -0.2) is 14.4 Å². The second-order valence-corrected chi connectivity index (χ2v) is 4.66. The van der Waals surface area contributed by atoms with Crippen molar-refractivity contribution in [3.05, 3.63) is 58.4 Å². The van der Waals surface area contributed by atoms with E-state index < -0.39 is 11.7 Å². The van der Waals surface area contributed by atoms with E-state index in [1.165, 1.54) is 18.6 Å². The molecule has 0 saturated heterocycles. The van der Waals surface area contributed by atoms with Crippen LogP contribution in [0.25, 0.3) is 0 Å². The van der Waals surface area contributed by atoms with Gasteiger partial charge in [0.15, 0.2) is 0 Å². The molecule has 110 valence electrons. The number of hydrogen-bond acceptors (Lipinski definition) is 5. The van der Waals surface area contributed by atoms with E-state index in [0.717, 1.165) is 0 Å². The zero-order valence-corrected chi connectivity index (χ0v) is 11.8. The van der Waals surface area contributed by atoms with Crippen LogP contribution in [0.2, 0.25) is 5.15 Å². The molecule has 21 heavy (non-hydrogen) atoms. The number of halogens is 2. The molecule has 0 saturated carbocycles. The molecule has 0 spiro atoms. The molecule has 2 aromatic rings. The molecular formula is C14H13ClFN3O2. The van der Waals surface area contributed by atoms with Crippen molar-refractivity contribution in [2.45, 2.75) is 12.5 Å². The largest absolute Gasteiger partial charge is 0.467 e. The average molecular weight is 310 g/mol. The molecule has 1 aromatic heterocycles. The van der Waals surface area contributed by atoms with Gasteiger partial charge in [0, 0.05) is 29.8 Å². The molecule has 0 amide bonds. The van der Waals surface area contributed by atoms with E-state index in [2.05, 4.69) is 9.97 Å². The summed E-state index contributed by atoms with van der Waals surface area (Å²) >= 11 is 6.04. The van der Waals surface area contributed by atoms with E-state index in [-0.39, 0.29) is 18.3 Å². The summed E-state index contributed by atoms with van der Waals surface area (Å²) in [5.41, 5.74) is 7.00. The summed E-state index contributed by atoms with van der Waals surface area (Å²) in [5, 5.41) is 0.229. The Hall–Kier alpha value is -2.05. The van der Waals surface area contributed by atoms with Gasteiger partial charge in [-0.05, 0) is 11.6 Å². The predicted molar refractivity (Wildman–Crippen MR) is 75.2 cm³/mol. The Morgan fingerprint density at radius 1 is 1.48 bits per heavy atom. The monoisotopic (exact) mass is 309 g/mol. The zero-order valence-electron chi connectivity index (χ0n) is 11.0. The summed E-state index contributed by atoms with van der Waals surface area (Å²) in [7, 11) is 0. The Labute approximate surface area is 125 Å². The fourth-order valence-corrected chi connectivity index (χ4v) is 2.23. The number of nitrogens with zero attached hydrogens (tertiary/aromatic N) is 2. The van der Waals surface area contributed by atoms with Crippen LogP contribution in [-0.4, -0.2) is 23.0 Å². The van der Waals surface area contributed by atoms with Crippen molar-refractivity contribution < 1.29 is 13.9 Å². The normalized spacial score (nSPS) is 12.0. The van der Waals surface area contributed by atoms with Crippen LogP contribution in [0.15, 0.2) is 30.7 Å². The molecule has 0 aliphatic heterocycles. The third-order valence-corrected chi connectivity index (χ3v) is 3.41. The highest BCUT2D eigenvalue weighted by molar-refractivity contribution is 6.30. The van der Waals surface area contributed by atoms with Gasteiger partial charge in [0.25, 0.3) is 6.47 Å². The van der Waals surface area contributed by atoms with Crippen LogP contribution in [0.1, 0.15) is 22.6 Å². The summed E-state index contributed by atoms with van der Waals surface area (Å²) in [6.07, 6.45) is 2.82. The molecule has 2 N–H and O–H groups in total. The van der Waals surface area contributed by atoms with Crippen molar-refractivity contribution in [2.75, 3.05) is 6.61 Å². The smallest absolute Gasteiger partial charge is 0.293 e. The van der Waals surface area contributed by atoms with E-state index in [1.54, 1.807) is 12.1 Å². The molecule has 0 aliphatic carbocycles. The van der Waals surface area contributed by atoms with Crippen LogP contribution in [-0.2, 0) is 16.1 Å². The van der Waals surface area contributed by atoms with Gasteiger partial charge in [0.2, 0.25) is 0 Å². The Morgan fingerprint density at radius 2 is 2.29 bits per heavy atom. The van der Waals surface area contributed by atoms with Crippen molar-refractivity contribution >= 4 is 18.1 Å². The quantitative estimate of drug-likeness (QED) is 0.652. The van der Waals surface area contributed by atoms with Crippen molar-refractivity contribution in [3.8, 4) is 0 Å². The van der Waals surface area contributed by atoms with Crippen LogP contribution < -0.4 is 5.73 Å². The average Bonchev–Trinajstić information content (AvgIpc) is 2.49. The molecule has 0 aliphatic rings. The Balaban J connectivity index is 2.43. The topological polar surface area (TPSA) is 78.1 Å². The lowest BCUT2D eigenvalue weighted by molar-refractivity contribution is -0.128. The van der Waals surface area contributed by atoms with Crippen LogP contribution in [0.5, 0.6) is 0 Å². The number of benzene rings is 1. The maximum absolute atomic E-state index is 13.9. The standard InChI is InChI=1S/C14H13ClFN3O2/c15-14-11(5-18-7-19-14)12(6-21-8-20)9-1-2-10(4-17)13(16)3-9/h1-3,5,7-8,12H,4,6,17H2. The van der Waals surface area contributed by atoms with Crippen LogP contribution >= 0.6 is 11.6 Å². The van der Waals surface area contributed by atoms with Crippen molar-refractivity contribution in [1.29, 1.82) is 0 Å². The summed E-state index contributed by atoms with van der Waals surface area (Å²) < 4.78 is 18.7. The second-order valence-electron chi connectivity index (χ2n) is 4.31. The van der Waals surface area contributed by atoms with E-state index >= 15 is 0 Å². The number of carbonyl (C=O) groups excluding carboxylic acids is 1. The van der Waals surface area contributed by atoms with Gasteiger partial charge in [-0.15, -0.1) is 0 Å². The molecule has 2 rings (SSSR count). The number of ether oxygens (including phenoxy) is 1. The number of rotatable bonds is 6. The number of carbonyl (C=O) groups is 1. The van der Waals surface area contributed by atoms with Gasteiger partial charge < -0.3 is 10.5 Å². The summed E-state index contributed by atoms with van der Waals surface area (Å²) in [6.45, 7) is 0.449. The molecule has 0 radical (unpaired) electrons. The molecule has 0 bridgehead atoms. The highest BCUT2D eigenvalue weighted by Crippen LogP contribution is 2.29. The maximum Gasteiger partial charge on any atom is 0.293 e. The van der Waals surface area contributed by atoms with Gasteiger partial charge in [0.1, 0.15) is 23.9 Å². The predicted octanol–water partition coefficient (Wildman–Crippen LogP) is 2.03. The Bertz CT molecular complexity index is 639. The SMILES string of the molecule is NCc1ccc(C(COC=O)c2cncnc2Cl)cc1F. The first-order chi connectivity index (χ1) is 10.2. The van der Waals surface area contributed by atoms with Crippen molar-refractivity contribution in [1.82, 2.24) is 9.97 Å². The lowest BCUT2D eigenvalue weighted by Crippen LogP contribution is -2.12. The Morgan fingerprint density at radius 3 is 2.90 bits per heavy atom. The van der Waals surface area contributed by atoms with Crippen LogP contribution in [0, 0.1) is 5.82 Å². The summed E-state index contributed by atoms with van der Waals surface area (Å²) in [4.78, 5) is 18.2. The molecule has 0 fully saturated rings. The van der Waals surface area contributed by atoms with Gasteiger partial charge >= 0.3 is 0 Å². The maximum atomic E-state index is 13.9. The highest BCUT2D eigenvalue weighted by Gasteiger charge is 2.20. The van der Waals surface area contributed by atoms with E-state index in [1.807, 2.05) is 0 Å². The first-order valence-electron chi connectivity index (χ1n) is 6.16. The minimum Gasteiger partial charge on any atom is -0.467 e. The number of hydrogen-bond donors (Lipinski definition) is 1. The summed E-state index contributed by atoms with van der Waals surface area (Å²) in [5.74, 6) is -0.871. The number of nitrogens with two attached hydrogens (primary N) is 1. The lowest BCUT2D eigenvalue weighted by atomic mass is 9.93. The third-order valence-electron chi connectivity index (χ3n) is 3.10. The molecule has 1 unspecified atom stereocenters. The second kappa shape index (κ2) is 7.10. The zero-order chi connectivity index (χ0) is 15.2. The lowest BCUT2D eigenvalue weighted by Gasteiger charge is -2.17. The van der Waals surface area contributed by atoms with Gasteiger partial charge in [-0.1, -0.05) is 23.7 Å². The van der Waals surface area contributed by atoms with Crippen LogP contribution in [0.4, 0.5) is 4.39 Å².